The first kappa shape index (κ1) is 27.5. The summed E-state index contributed by atoms with van der Waals surface area (Å²) in [5.74, 6) is -0.707. The second-order valence-electron chi connectivity index (χ2n) is 10.5. The lowest BCUT2D eigenvalue weighted by molar-refractivity contribution is -0.0180. The van der Waals surface area contributed by atoms with Crippen molar-refractivity contribution in [1.29, 1.82) is 0 Å². The minimum absolute atomic E-state index is 0.0888. The maximum absolute atomic E-state index is 15.0. The molecule has 4 heterocycles. The van der Waals surface area contributed by atoms with Crippen LogP contribution in [0.2, 0.25) is 0 Å². The smallest absolute Gasteiger partial charge is 0.277 e. The molecule has 1 aliphatic rings. The van der Waals surface area contributed by atoms with Gasteiger partial charge in [-0.05, 0) is 43.7 Å². The number of morpholine rings is 1. The predicted molar refractivity (Wildman–Crippen MR) is 155 cm³/mol. The Labute approximate surface area is 241 Å². The van der Waals surface area contributed by atoms with Gasteiger partial charge in [-0.2, -0.15) is 0 Å². The molecule has 0 radical (unpaired) electrons. The lowest BCUT2D eigenvalue weighted by Gasteiger charge is -2.37. The number of aryl methyl sites for hydroxylation is 1. The van der Waals surface area contributed by atoms with Crippen LogP contribution in [0, 0.1) is 18.6 Å². The second kappa shape index (κ2) is 11.3. The van der Waals surface area contributed by atoms with Gasteiger partial charge in [0.2, 0.25) is 11.8 Å². The molecule has 214 valence electrons. The first-order valence-electron chi connectivity index (χ1n) is 13.6. The van der Waals surface area contributed by atoms with E-state index in [4.69, 9.17) is 14.5 Å². The van der Waals surface area contributed by atoms with Crippen LogP contribution in [-0.4, -0.2) is 38.7 Å². The van der Waals surface area contributed by atoms with E-state index >= 15 is 4.39 Å². The Bertz CT molecular complexity index is 1810. The SMILES string of the molecule is Cc1cc2c(-c3ccc(F)cc3F)nc(N3C[C@@H](C)O[C@@H](c4ccc(OCc5ccccc5)nc4)C3)nc2c(=O)n1C. The zero-order valence-corrected chi connectivity index (χ0v) is 23.4. The van der Waals surface area contributed by atoms with Crippen molar-refractivity contribution in [2.45, 2.75) is 32.7 Å². The largest absolute Gasteiger partial charge is 0.473 e. The Morgan fingerprint density at radius 1 is 1.02 bits per heavy atom. The van der Waals surface area contributed by atoms with Gasteiger partial charge in [-0.3, -0.25) is 4.79 Å². The summed E-state index contributed by atoms with van der Waals surface area (Å²) < 4.78 is 42.3. The number of aromatic nitrogens is 4. The Morgan fingerprint density at radius 2 is 1.83 bits per heavy atom. The van der Waals surface area contributed by atoms with Crippen LogP contribution in [0.4, 0.5) is 14.7 Å². The van der Waals surface area contributed by atoms with Gasteiger partial charge >= 0.3 is 0 Å². The van der Waals surface area contributed by atoms with Crippen molar-refractivity contribution in [2.24, 2.45) is 7.05 Å². The van der Waals surface area contributed by atoms with E-state index in [0.717, 1.165) is 17.2 Å². The number of nitrogens with zero attached hydrogens (tertiary/aromatic N) is 5. The van der Waals surface area contributed by atoms with E-state index in [1.165, 1.54) is 16.7 Å². The molecule has 0 bridgehead atoms. The average Bonchev–Trinajstić information content (AvgIpc) is 2.99. The van der Waals surface area contributed by atoms with Gasteiger partial charge in [0, 0.05) is 54.1 Å². The van der Waals surface area contributed by atoms with Gasteiger partial charge < -0.3 is 18.9 Å². The summed E-state index contributed by atoms with van der Waals surface area (Å²) in [4.78, 5) is 29.1. The van der Waals surface area contributed by atoms with Gasteiger partial charge in [0.1, 0.15) is 29.9 Å². The Kier molecular flexibility index (Phi) is 7.38. The topological polar surface area (TPSA) is 82.4 Å². The monoisotopic (exact) mass is 569 g/mol. The molecule has 2 atom stereocenters. The highest BCUT2D eigenvalue weighted by molar-refractivity contribution is 5.93. The van der Waals surface area contributed by atoms with Crippen molar-refractivity contribution in [3.05, 3.63) is 112 Å². The standard InChI is InChI=1S/C32H29F2N5O3/c1-19-13-25-29(24-11-10-23(33)14-26(24)34)36-32(37-30(25)31(40)38(19)3)39-16-20(2)42-27(17-39)22-9-12-28(35-15-22)41-18-21-7-5-4-6-8-21/h4-15,20,27H,16-18H2,1-3H3/t20-,27-/m1/s1. The molecule has 42 heavy (non-hydrogen) atoms. The highest BCUT2D eigenvalue weighted by Crippen LogP contribution is 2.33. The van der Waals surface area contributed by atoms with E-state index in [2.05, 4.69) is 9.97 Å². The summed E-state index contributed by atoms with van der Waals surface area (Å²) in [6.07, 6.45) is 1.15. The van der Waals surface area contributed by atoms with Gasteiger partial charge in [0.05, 0.1) is 18.3 Å². The molecule has 1 aliphatic heterocycles. The lowest BCUT2D eigenvalue weighted by atomic mass is 10.1. The number of fused-ring (bicyclic) bond motifs is 1. The summed E-state index contributed by atoms with van der Waals surface area (Å²) in [7, 11) is 1.66. The number of hydrogen-bond donors (Lipinski definition) is 0. The number of ether oxygens (including phenoxy) is 2. The Morgan fingerprint density at radius 3 is 2.57 bits per heavy atom. The Balaban J connectivity index is 1.33. The lowest BCUT2D eigenvalue weighted by Crippen LogP contribution is -2.44. The number of benzene rings is 2. The number of hydrogen-bond acceptors (Lipinski definition) is 7. The van der Waals surface area contributed by atoms with Crippen LogP contribution in [0.1, 0.15) is 29.8 Å². The maximum Gasteiger partial charge on any atom is 0.277 e. The molecule has 3 aromatic heterocycles. The molecule has 1 fully saturated rings. The van der Waals surface area contributed by atoms with Crippen LogP contribution in [0.15, 0.2) is 77.7 Å². The summed E-state index contributed by atoms with van der Waals surface area (Å²) in [5, 5.41) is 0.401. The summed E-state index contributed by atoms with van der Waals surface area (Å²) in [6, 6.07) is 18.6. The van der Waals surface area contributed by atoms with Gasteiger partial charge in [-0.25, -0.2) is 23.7 Å². The second-order valence-corrected chi connectivity index (χ2v) is 10.5. The maximum atomic E-state index is 15.0. The third-order valence-electron chi connectivity index (χ3n) is 7.41. The molecule has 8 nitrogen and oxygen atoms in total. The van der Waals surface area contributed by atoms with Crippen molar-refractivity contribution in [2.75, 3.05) is 18.0 Å². The summed E-state index contributed by atoms with van der Waals surface area (Å²) >= 11 is 0. The van der Waals surface area contributed by atoms with Gasteiger partial charge in [-0.15, -0.1) is 0 Å². The van der Waals surface area contributed by atoms with E-state index in [0.29, 0.717) is 36.7 Å². The fourth-order valence-electron chi connectivity index (χ4n) is 5.11. The van der Waals surface area contributed by atoms with Gasteiger partial charge in [0.15, 0.2) is 0 Å². The molecular formula is C32H29F2N5O3. The fraction of sp³-hybridized carbons (Fsp3) is 0.250. The van der Waals surface area contributed by atoms with E-state index in [-0.39, 0.29) is 40.5 Å². The van der Waals surface area contributed by atoms with E-state index < -0.39 is 11.6 Å². The molecule has 6 rings (SSSR count). The minimum atomic E-state index is -0.770. The Hall–Kier alpha value is -4.70. The highest BCUT2D eigenvalue weighted by Gasteiger charge is 2.30. The minimum Gasteiger partial charge on any atom is -0.473 e. The van der Waals surface area contributed by atoms with E-state index in [1.54, 1.807) is 32.3 Å². The third kappa shape index (κ3) is 5.45. The van der Waals surface area contributed by atoms with Crippen LogP contribution < -0.4 is 15.2 Å². The zero-order chi connectivity index (χ0) is 29.4. The molecule has 0 spiro atoms. The van der Waals surface area contributed by atoms with Crippen molar-refractivity contribution in [1.82, 2.24) is 19.5 Å². The number of anilines is 1. The van der Waals surface area contributed by atoms with Crippen LogP contribution in [0.5, 0.6) is 5.88 Å². The summed E-state index contributed by atoms with van der Waals surface area (Å²) in [6.45, 7) is 4.95. The molecule has 5 aromatic rings. The van der Waals surface area contributed by atoms with Crippen molar-refractivity contribution in [3.8, 4) is 17.1 Å². The van der Waals surface area contributed by atoms with Crippen LogP contribution >= 0.6 is 0 Å². The number of halogens is 2. The normalized spacial score (nSPS) is 17.0. The fourth-order valence-corrected chi connectivity index (χ4v) is 5.11. The summed E-state index contributed by atoms with van der Waals surface area (Å²) in [5.41, 5.74) is 2.70. The van der Waals surface area contributed by atoms with Crippen LogP contribution in [0.25, 0.3) is 22.2 Å². The van der Waals surface area contributed by atoms with Crippen LogP contribution in [-0.2, 0) is 18.4 Å². The van der Waals surface area contributed by atoms with Crippen molar-refractivity contribution < 1.29 is 18.3 Å². The van der Waals surface area contributed by atoms with Gasteiger partial charge in [0.25, 0.3) is 5.56 Å². The zero-order valence-electron chi connectivity index (χ0n) is 23.4. The third-order valence-corrected chi connectivity index (χ3v) is 7.41. The molecule has 0 amide bonds. The van der Waals surface area contributed by atoms with Crippen LogP contribution in [0.3, 0.4) is 0 Å². The quantitative estimate of drug-likeness (QED) is 0.266. The molecule has 0 N–H and O–H groups in total. The predicted octanol–water partition coefficient (Wildman–Crippen LogP) is 5.52. The number of rotatable bonds is 6. The molecule has 0 aliphatic carbocycles. The van der Waals surface area contributed by atoms with E-state index in [9.17, 15) is 9.18 Å². The first-order chi connectivity index (χ1) is 20.3. The first-order valence-corrected chi connectivity index (χ1v) is 13.6. The van der Waals surface area contributed by atoms with E-state index in [1.807, 2.05) is 48.2 Å². The molecular weight excluding hydrogens is 540 g/mol. The molecule has 10 heteroatoms. The molecule has 0 saturated carbocycles. The van der Waals surface area contributed by atoms with Crippen molar-refractivity contribution in [3.63, 3.8) is 0 Å². The van der Waals surface area contributed by atoms with Crippen molar-refractivity contribution >= 4 is 16.9 Å². The molecule has 1 saturated heterocycles. The molecule has 2 aromatic carbocycles. The highest BCUT2D eigenvalue weighted by atomic mass is 19.1. The van der Waals surface area contributed by atoms with Gasteiger partial charge in [-0.1, -0.05) is 30.3 Å². The number of pyridine rings is 2. The molecule has 0 unspecified atom stereocenters. The average molecular weight is 570 g/mol.